The van der Waals surface area contributed by atoms with E-state index in [0.29, 0.717) is 5.82 Å². The molecule has 0 bridgehead atoms. The lowest BCUT2D eigenvalue weighted by molar-refractivity contribution is 0.595. The maximum absolute atomic E-state index is 4.91. The standard InChI is InChI=1S/C27H21N3/c1-4-11-21(12-5-1)23-15-10-16-24(19-23)27(17-8-3-9-18-27)26-29-20-28-25(30-26)22-13-6-2-7-14-22/h1-17,19-20H,18H2. The summed E-state index contributed by atoms with van der Waals surface area (Å²) in [6.07, 6.45) is 11.0. The zero-order valence-corrected chi connectivity index (χ0v) is 16.5. The molecule has 30 heavy (non-hydrogen) atoms. The van der Waals surface area contributed by atoms with Crippen LogP contribution < -0.4 is 0 Å². The molecule has 3 aromatic carbocycles. The van der Waals surface area contributed by atoms with Crippen molar-refractivity contribution in [1.82, 2.24) is 15.0 Å². The summed E-state index contributed by atoms with van der Waals surface area (Å²) >= 11 is 0. The second kappa shape index (κ2) is 7.88. The maximum Gasteiger partial charge on any atom is 0.163 e. The molecule has 0 saturated heterocycles. The van der Waals surface area contributed by atoms with E-state index in [1.54, 1.807) is 6.33 Å². The molecule has 3 nitrogen and oxygen atoms in total. The van der Waals surface area contributed by atoms with E-state index < -0.39 is 5.41 Å². The Morgan fingerprint density at radius 2 is 1.40 bits per heavy atom. The molecule has 3 heteroatoms. The molecule has 4 aromatic rings. The lowest BCUT2D eigenvalue weighted by Gasteiger charge is -2.31. The maximum atomic E-state index is 4.91. The highest BCUT2D eigenvalue weighted by Gasteiger charge is 2.35. The second-order valence-corrected chi connectivity index (χ2v) is 7.41. The van der Waals surface area contributed by atoms with Crippen molar-refractivity contribution >= 4 is 0 Å². The van der Waals surface area contributed by atoms with Crippen LogP contribution in [0.2, 0.25) is 0 Å². The van der Waals surface area contributed by atoms with Gasteiger partial charge in [-0.1, -0.05) is 103 Å². The predicted octanol–water partition coefficient (Wildman–Crippen LogP) is 6.01. The van der Waals surface area contributed by atoms with Crippen LogP contribution in [0.15, 0.2) is 116 Å². The topological polar surface area (TPSA) is 38.7 Å². The van der Waals surface area contributed by atoms with Gasteiger partial charge in [-0.3, -0.25) is 0 Å². The molecule has 1 aliphatic rings. The van der Waals surface area contributed by atoms with Gasteiger partial charge in [0.2, 0.25) is 0 Å². The van der Waals surface area contributed by atoms with Crippen molar-refractivity contribution in [1.29, 1.82) is 0 Å². The van der Waals surface area contributed by atoms with Crippen molar-refractivity contribution in [2.24, 2.45) is 0 Å². The first-order valence-electron chi connectivity index (χ1n) is 10.1. The monoisotopic (exact) mass is 387 g/mol. The Morgan fingerprint density at radius 1 is 0.667 bits per heavy atom. The SMILES string of the molecule is C1=CCC(c2cccc(-c3ccccc3)c2)(c2ncnc(-c3ccccc3)n2)C=C1. The molecule has 0 saturated carbocycles. The summed E-state index contributed by atoms with van der Waals surface area (Å²) in [5.74, 6) is 1.46. The smallest absolute Gasteiger partial charge is 0.163 e. The van der Waals surface area contributed by atoms with Crippen LogP contribution in [-0.2, 0) is 5.41 Å². The molecular formula is C27H21N3. The fourth-order valence-corrected chi connectivity index (χ4v) is 3.97. The Kier molecular flexibility index (Phi) is 4.78. The van der Waals surface area contributed by atoms with Crippen LogP contribution >= 0.6 is 0 Å². The van der Waals surface area contributed by atoms with Crippen LogP contribution in [0.3, 0.4) is 0 Å². The quantitative estimate of drug-likeness (QED) is 0.430. The van der Waals surface area contributed by atoms with Crippen molar-refractivity contribution in [3.05, 3.63) is 127 Å². The minimum Gasteiger partial charge on any atom is -0.220 e. The van der Waals surface area contributed by atoms with Crippen LogP contribution in [0.25, 0.3) is 22.5 Å². The highest BCUT2D eigenvalue weighted by atomic mass is 15.0. The molecule has 0 spiro atoms. The van der Waals surface area contributed by atoms with Crippen LogP contribution in [-0.4, -0.2) is 15.0 Å². The Labute approximate surface area is 176 Å². The summed E-state index contributed by atoms with van der Waals surface area (Å²) in [5.41, 5.74) is 4.13. The number of rotatable bonds is 4. The van der Waals surface area contributed by atoms with Gasteiger partial charge in [-0.2, -0.15) is 0 Å². The van der Waals surface area contributed by atoms with Crippen LogP contribution in [0, 0.1) is 0 Å². The highest BCUT2D eigenvalue weighted by Crippen LogP contribution is 2.39. The van der Waals surface area contributed by atoms with E-state index in [9.17, 15) is 0 Å². The normalized spacial score (nSPS) is 17.7. The van der Waals surface area contributed by atoms with Gasteiger partial charge in [-0.25, -0.2) is 15.0 Å². The third-order valence-electron chi connectivity index (χ3n) is 5.56. The van der Waals surface area contributed by atoms with Gasteiger partial charge < -0.3 is 0 Å². The number of allylic oxidation sites excluding steroid dienone is 4. The third-order valence-corrected chi connectivity index (χ3v) is 5.56. The summed E-state index contributed by atoms with van der Waals surface area (Å²) in [5, 5.41) is 0. The molecule has 0 fully saturated rings. The second-order valence-electron chi connectivity index (χ2n) is 7.41. The van der Waals surface area contributed by atoms with Gasteiger partial charge >= 0.3 is 0 Å². The largest absolute Gasteiger partial charge is 0.220 e. The van der Waals surface area contributed by atoms with Crippen LogP contribution in [0.1, 0.15) is 17.8 Å². The van der Waals surface area contributed by atoms with E-state index in [0.717, 1.165) is 17.8 Å². The van der Waals surface area contributed by atoms with Crippen LogP contribution in [0.4, 0.5) is 0 Å². The van der Waals surface area contributed by atoms with Gasteiger partial charge in [-0.05, 0) is 29.2 Å². The minimum absolute atomic E-state index is 0.425. The molecule has 5 rings (SSSR count). The molecule has 0 radical (unpaired) electrons. The number of nitrogens with zero attached hydrogens (tertiary/aromatic N) is 3. The van der Waals surface area contributed by atoms with Gasteiger partial charge in [0.1, 0.15) is 12.2 Å². The van der Waals surface area contributed by atoms with Crippen molar-refractivity contribution < 1.29 is 0 Å². The molecule has 0 aliphatic heterocycles. The summed E-state index contributed by atoms with van der Waals surface area (Å²) in [4.78, 5) is 14.0. The Hall–Kier alpha value is -3.85. The number of hydrogen-bond acceptors (Lipinski definition) is 3. The number of benzene rings is 3. The van der Waals surface area contributed by atoms with Crippen LogP contribution in [0.5, 0.6) is 0 Å². The molecule has 1 atom stereocenters. The van der Waals surface area contributed by atoms with Gasteiger partial charge in [-0.15, -0.1) is 0 Å². The van der Waals surface area contributed by atoms with E-state index in [1.165, 1.54) is 16.7 Å². The predicted molar refractivity (Wildman–Crippen MR) is 121 cm³/mol. The van der Waals surface area contributed by atoms with Gasteiger partial charge in [0.05, 0.1) is 5.41 Å². The van der Waals surface area contributed by atoms with Crippen molar-refractivity contribution in [3.8, 4) is 22.5 Å². The summed E-state index contributed by atoms with van der Waals surface area (Å²) in [6.45, 7) is 0. The lowest BCUT2D eigenvalue weighted by atomic mass is 9.74. The third kappa shape index (κ3) is 3.35. The van der Waals surface area contributed by atoms with E-state index >= 15 is 0 Å². The fourth-order valence-electron chi connectivity index (χ4n) is 3.97. The lowest BCUT2D eigenvalue weighted by Crippen LogP contribution is -2.29. The minimum atomic E-state index is -0.425. The van der Waals surface area contributed by atoms with E-state index in [1.807, 2.05) is 36.4 Å². The van der Waals surface area contributed by atoms with Gasteiger partial charge in [0.15, 0.2) is 5.82 Å². The van der Waals surface area contributed by atoms with Gasteiger partial charge in [0, 0.05) is 5.56 Å². The Balaban J connectivity index is 1.64. The molecule has 1 unspecified atom stereocenters. The van der Waals surface area contributed by atoms with Crippen molar-refractivity contribution in [2.75, 3.05) is 0 Å². The molecular weight excluding hydrogens is 366 g/mol. The zero-order chi connectivity index (χ0) is 20.2. The molecule has 1 aliphatic carbocycles. The molecule has 0 N–H and O–H groups in total. The average molecular weight is 387 g/mol. The van der Waals surface area contributed by atoms with E-state index in [2.05, 4.69) is 82.8 Å². The molecule has 1 aromatic heterocycles. The Morgan fingerprint density at radius 3 is 2.13 bits per heavy atom. The van der Waals surface area contributed by atoms with Crippen molar-refractivity contribution in [3.63, 3.8) is 0 Å². The first-order valence-corrected chi connectivity index (χ1v) is 10.1. The summed E-state index contributed by atoms with van der Waals surface area (Å²) in [6, 6.07) is 29.2. The first kappa shape index (κ1) is 18.2. The summed E-state index contributed by atoms with van der Waals surface area (Å²) in [7, 11) is 0. The van der Waals surface area contributed by atoms with Gasteiger partial charge in [0.25, 0.3) is 0 Å². The first-order chi connectivity index (χ1) is 14.9. The molecule has 0 amide bonds. The Bertz CT molecular complexity index is 1130. The zero-order valence-electron chi connectivity index (χ0n) is 16.5. The van der Waals surface area contributed by atoms with E-state index in [-0.39, 0.29) is 0 Å². The number of aromatic nitrogens is 3. The number of hydrogen-bond donors (Lipinski definition) is 0. The average Bonchev–Trinajstić information content (AvgIpc) is 2.86. The molecule has 144 valence electrons. The fraction of sp³-hybridized carbons (Fsp3) is 0.0741. The summed E-state index contributed by atoms with van der Waals surface area (Å²) < 4.78 is 0. The van der Waals surface area contributed by atoms with Crippen molar-refractivity contribution in [2.45, 2.75) is 11.8 Å². The van der Waals surface area contributed by atoms with E-state index in [4.69, 9.17) is 4.98 Å². The highest BCUT2D eigenvalue weighted by molar-refractivity contribution is 5.65. The molecule has 1 heterocycles.